The number of halogens is 3. The molecule has 0 aliphatic heterocycles. The fraction of sp³-hybridized carbons (Fsp3) is 0.480. The normalized spacial score (nSPS) is 16.5. The van der Waals surface area contributed by atoms with Gasteiger partial charge in [-0.25, -0.2) is 0 Å². The molecule has 2 aliphatic rings. The van der Waals surface area contributed by atoms with Gasteiger partial charge in [-0.15, -0.1) is 13.2 Å². The highest BCUT2D eigenvalue weighted by Crippen LogP contribution is 2.34. The molecule has 0 bridgehead atoms. The minimum Gasteiger partial charge on any atom is -0.406 e. The lowest BCUT2D eigenvalue weighted by atomic mass is 9.89. The number of aromatic nitrogens is 1. The summed E-state index contributed by atoms with van der Waals surface area (Å²) in [6, 6.07) is 5.21. The summed E-state index contributed by atoms with van der Waals surface area (Å²) >= 11 is 0. The van der Waals surface area contributed by atoms with E-state index in [0.717, 1.165) is 50.7 Å². The van der Waals surface area contributed by atoms with Gasteiger partial charge in [0.2, 0.25) is 5.43 Å². The molecule has 1 heterocycles. The molecule has 0 saturated heterocycles. The standard InChI is InChI=1S/C25H28F3N3O4/c26-25(27,28)35-19-10-6-17(7-11-19)13-30-24(34)21-15-31(18-8-9-18)14-20(22(21)32)23(33)29-12-16-4-2-1-3-5-16/h6-7,10-11,14-16,18H,1-5,8-9,12-13H2,(H,29,33)(H,30,34). The van der Waals surface area contributed by atoms with Gasteiger partial charge in [0.25, 0.3) is 11.8 Å². The molecule has 1 aromatic heterocycles. The van der Waals surface area contributed by atoms with Crippen LogP contribution in [0.15, 0.2) is 41.5 Å². The monoisotopic (exact) mass is 491 g/mol. The molecule has 2 aromatic rings. The van der Waals surface area contributed by atoms with E-state index in [4.69, 9.17) is 0 Å². The topological polar surface area (TPSA) is 89.4 Å². The number of carbonyl (C=O) groups excluding carboxylic acids is 2. The predicted molar refractivity (Wildman–Crippen MR) is 122 cm³/mol. The van der Waals surface area contributed by atoms with E-state index in [9.17, 15) is 27.6 Å². The maximum atomic E-state index is 13.0. The van der Waals surface area contributed by atoms with Crippen LogP contribution in [0.1, 0.15) is 77.3 Å². The van der Waals surface area contributed by atoms with Crippen LogP contribution in [0.2, 0.25) is 0 Å². The number of hydrogen-bond donors (Lipinski definition) is 2. The fourth-order valence-corrected chi connectivity index (χ4v) is 4.31. The molecule has 2 N–H and O–H groups in total. The van der Waals surface area contributed by atoms with Crippen LogP contribution in [0.4, 0.5) is 13.2 Å². The second-order valence-corrected chi connectivity index (χ2v) is 9.18. The van der Waals surface area contributed by atoms with Crippen molar-refractivity contribution in [1.29, 1.82) is 0 Å². The molecule has 7 nitrogen and oxygen atoms in total. The van der Waals surface area contributed by atoms with Gasteiger partial charge in [0, 0.05) is 31.5 Å². The molecule has 0 unspecified atom stereocenters. The van der Waals surface area contributed by atoms with Crippen LogP contribution in [-0.4, -0.2) is 29.3 Å². The lowest BCUT2D eigenvalue weighted by Crippen LogP contribution is -2.37. The van der Waals surface area contributed by atoms with Crippen LogP contribution < -0.4 is 20.8 Å². The Morgan fingerprint density at radius 2 is 1.51 bits per heavy atom. The molecule has 0 spiro atoms. The molecule has 2 amide bonds. The second-order valence-electron chi connectivity index (χ2n) is 9.18. The van der Waals surface area contributed by atoms with Crippen LogP contribution in [0.5, 0.6) is 5.75 Å². The van der Waals surface area contributed by atoms with E-state index < -0.39 is 23.6 Å². The van der Waals surface area contributed by atoms with E-state index in [0.29, 0.717) is 18.0 Å². The van der Waals surface area contributed by atoms with Gasteiger partial charge in [0.15, 0.2) is 0 Å². The first-order chi connectivity index (χ1) is 16.7. The van der Waals surface area contributed by atoms with Gasteiger partial charge in [0.05, 0.1) is 0 Å². The first-order valence-corrected chi connectivity index (χ1v) is 11.9. The van der Waals surface area contributed by atoms with Crippen LogP contribution in [0.3, 0.4) is 0 Å². The van der Waals surface area contributed by atoms with Crippen LogP contribution in [0, 0.1) is 5.92 Å². The average Bonchev–Trinajstić information content (AvgIpc) is 3.67. The number of pyridine rings is 1. The molecule has 35 heavy (non-hydrogen) atoms. The van der Waals surface area contributed by atoms with E-state index in [2.05, 4.69) is 15.4 Å². The molecule has 10 heteroatoms. The summed E-state index contributed by atoms with van der Waals surface area (Å²) in [5.74, 6) is -1.10. The Labute approximate surface area is 200 Å². The lowest BCUT2D eigenvalue weighted by Gasteiger charge is -2.21. The van der Waals surface area contributed by atoms with E-state index in [1.54, 1.807) is 4.57 Å². The molecular formula is C25H28F3N3O4. The number of ether oxygens (including phenoxy) is 1. The molecule has 1 aromatic carbocycles. The van der Waals surface area contributed by atoms with Gasteiger partial charge in [-0.05, 0) is 49.3 Å². The largest absolute Gasteiger partial charge is 0.573 e. The van der Waals surface area contributed by atoms with Crippen molar-refractivity contribution in [2.45, 2.75) is 63.9 Å². The number of hydrogen-bond acceptors (Lipinski definition) is 4. The molecule has 0 atom stereocenters. The van der Waals surface area contributed by atoms with E-state index >= 15 is 0 Å². The molecule has 0 radical (unpaired) electrons. The zero-order chi connectivity index (χ0) is 25.0. The highest BCUT2D eigenvalue weighted by Gasteiger charge is 2.31. The predicted octanol–water partition coefficient (Wildman–Crippen LogP) is 4.32. The number of rotatable bonds is 8. The highest BCUT2D eigenvalue weighted by atomic mass is 19.4. The summed E-state index contributed by atoms with van der Waals surface area (Å²) < 4.78 is 42.5. The van der Waals surface area contributed by atoms with E-state index in [1.807, 2.05) is 0 Å². The third kappa shape index (κ3) is 6.86. The average molecular weight is 492 g/mol. The maximum absolute atomic E-state index is 13.0. The van der Waals surface area contributed by atoms with Crippen molar-refractivity contribution >= 4 is 11.8 Å². The number of nitrogens with zero attached hydrogens (tertiary/aromatic N) is 1. The number of nitrogens with one attached hydrogen (secondary N) is 2. The summed E-state index contributed by atoms with van der Waals surface area (Å²) in [4.78, 5) is 38.7. The van der Waals surface area contributed by atoms with E-state index in [1.165, 1.54) is 30.9 Å². The molecule has 2 aliphatic carbocycles. The highest BCUT2D eigenvalue weighted by molar-refractivity contribution is 5.99. The van der Waals surface area contributed by atoms with E-state index in [-0.39, 0.29) is 29.5 Å². The van der Waals surface area contributed by atoms with Crippen molar-refractivity contribution in [3.8, 4) is 5.75 Å². The van der Waals surface area contributed by atoms with Gasteiger partial charge in [-0.3, -0.25) is 14.4 Å². The Balaban J connectivity index is 1.44. The summed E-state index contributed by atoms with van der Waals surface area (Å²) in [6.45, 7) is 0.498. The van der Waals surface area contributed by atoms with Crippen molar-refractivity contribution in [3.05, 3.63) is 63.6 Å². The third-order valence-electron chi connectivity index (χ3n) is 6.39. The summed E-state index contributed by atoms with van der Waals surface area (Å²) in [5, 5.41) is 5.48. The zero-order valence-electron chi connectivity index (χ0n) is 19.2. The molecular weight excluding hydrogens is 463 g/mol. The number of amides is 2. The van der Waals surface area contributed by atoms with Crippen molar-refractivity contribution in [1.82, 2.24) is 15.2 Å². The van der Waals surface area contributed by atoms with Gasteiger partial charge in [-0.1, -0.05) is 31.4 Å². The summed E-state index contributed by atoms with van der Waals surface area (Å²) in [7, 11) is 0. The Morgan fingerprint density at radius 3 is 2.09 bits per heavy atom. The number of carbonyl (C=O) groups is 2. The minimum absolute atomic E-state index is 0.00783. The third-order valence-corrected chi connectivity index (χ3v) is 6.39. The quantitative estimate of drug-likeness (QED) is 0.576. The molecule has 4 rings (SSSR count). The van der Waals surface area contributed by atoms with Crippen molar-refractivity contribution in [3.63, 3.8) is 0 Å². The summed E-state index contributed by atoms with van der Waals surface area (Å²) in [6.07, 6.45) is 5.60. The van der Waals surface area contributed by atoms with Crippen molar-refractivity contribution < 1.29 is 27.5 Å². The first kappa shape index (κ1) is 24.8. The van der Waals surface area contributed by atoms with Gasteiger partial charge < -0.3 is 19.9 Å². The maximum Gasteiger partial charge on any atom is 0.573 e. The van der Waals surface area contributed by atoms with Gasteiger partial charge in [-0.2, -0.15) is 0 Å². The zero-order valence-corrected chi connectivity index (χ0v) is 19.2. The van der Waals surface area contributed by atoms with Crippen molar-refractivity contribution in [2.24, 2.45) is 5.92 Å². The van der Waals surface area contributed by atoms with Crippen LogP contribution in [-0.2, 0) is 6.54 Å². The smallest absolute Gasteiger partial charge is 0.406 e. The Hall–Kier alpha value is -3.30. The number of alkyl halides is 3. The van der Waals surface area contributed by atoms with Crippen molar-refractivity contribution in [2.75, 3.05) is 6.54 Å². The second kappa shape index (κ2) is 10.5. The summed E-state index contributed by atoms with van der Waals surface area (Å²) in [5.41, 5.74) is -0.320. The van der Waals surface area contributed by atoms with Gasteiger partial charge in [0.1, 0.15) is 16.9 Å². The molecule has 188 valence electrons. The van der Waals surface area contributed by atoms with Gasteiger partial charge >= 0.3 is 6.36 Å². The van der Waals surface area contributed by atoms with Crippen LogP contribution >= 0.6 is 0 Å². The Bertz CT molecular complexity index is 1120. The molecule has 2 saturated carbocycles. The fourth-order valence-electron chi connectivity index (χ4n) is 4.31. The minimum atomic E-state index is -4.79. The SMILES string of the molecule is O=C(NCc1ccc(OC(F)(F)F)cc1)c1cn(C2CC2)cc(C(=O)NCC2CCCCC2)c1=O. The van der Waals surface area contributed by atoms with Crippen LogP contribution in [0.25, 0.3) is 0 Å². The lowest BCUT2D eigenvalue weighted by molar-refractivity contribution is -0.274. The molecule has 2 fully saturated rings. The Kier molecular flexibility index (Phi) is 7.47. The number of benzene rings is 1. The first-order valence-electron chi connectivity index (χ1n) is 11.9. The Morgan fingerprint density at radius 1 is 0.914 bits per heavy atom.